The zero-order valence-corrected chi connectivity index (χ0v) is 20.2. The highest BCUT2D eigenvalue weighted by Crippen LogP contribution is 2.33. The van der Waals surface area contributed by atoms with Gasteiger partial charge in [-0.25, -0.2) is 0 Å². The molecule has 1 aromatic heterocycles. The monoisotopic (exact) mass is 485 g/mol. The molecule has 5 aromatic rings. The maximum absolute atomic E-state index is 9.75. The topological polar surface area (TPSA) is 3.88 Å². The van der Waals surface area contributed by atoms with E-state index in [2.05, 4.69) is 128 Å². The summed E-state index contributed by atoms with van der Waals surface area (Å²) in [6.07, 6.45) is 0. The number of aryl methyl sites for hydroxylation is 3. The van der Waals surface area contributed by atoms with Gasteiger partial charge in [0.1, 0.15) is 0 Å². The Morgan fingerprint density at radius 2 is 1.08 bits per heavy atom. The summed E-state index contributed by atoms with van der Waals surface area (Å²) in [7, 11) is -6.00. The predicted molar refractivity (Wildman–Crippen MR) is 140 cm³/mol. The minimum atomic E-state index is -6.00. The van der Waals surface area contributed by atoms with E-state index in [4.69, 9.17) is 0 Å². The Kier molecular flexibility index (Phi) is 7.12. The van der Waals surface area contributed by atoms with Crippen LogP contribution in [0.15, 0.2) is 91.0 Å². The van der Waals surface area contributed by atoms with Crippen LogP contribution < -0.4 is 4.57 Å². The molecule has 6 heteroatoms. The van der Waals surface area contributed by atoms with E-state index in [1.165, 1.54) is 38.6 Å². The SMILES string of the molecule is Cc1cc(C)c(C#C[n+]2c3ccccc3c(-c3ccccc3)c3ccccc32)c(C)c1.F[B-](F)(F)F. The molecule has 0 amide bonds. The number of aromatic nitrogens is 1. The van der Waals surface area contributed by atoms with Crippen LogP contribution in [-0.4, -0.2) is 7.25 Å². The molecule has 0 radical (unpaired) electrons. The van der Waals surface area contributed by atoms with Crippen molar-refractivity contribution < 1.29 is 21.8 Å². The molecule has 0 N–H and O–H groups in total. The third-order valence-corrected chi connectivity index (χ3v) is 5.86. The van der Waals surface area contributed by atoms with E-state index < -0.39 is 7.25 Å². The van der Waals surface area contributed by atoms with Crippen molar-refractivity contribution >= 4 is 29.1 Å². The van der Waals surface area contributed by atoms with Crippen LogP contribution in [-0.2, 0) is 0 Å². The standard InChI is InChI=1S/C30H24N.BF4/c1-21-19-22(2)25(23(3)20-21)17-18-31-28-15-9-7-13-26(28)30(24-11-5-4-6-12-24)27-14-8-10-16-29(27)31;2-1(3,4)5/h4-16,19-20H,1-3H3;/q+1;-1. The Morgan fingerprint density at radius 3 is 1.58 bits per heavy atom. The number of rotatable bonds is 1. The summed E-state index contributed by atoms with van der Waals surface area (Å²) in [4.78, 5) is 0. The molecule has 1 heterocycles. The molecule has 0 bridgehead atoms. The smallest absolute Gasteiger partial charge is 0.418 e. The van der Waals surface area contributed by atoms with E-state index in [1.807, 2.05) is 0 Å². The zero-order valence-electron chi connectivity index (χ0n) is 20.2. The van der Waals surface area contributed by atoms with Gasteiger partial charge in [-0.3, -0.25) is 0 Å². The van der Waals surface area contributed by atoms with Crippen LogP contribution in [0.3, 0.4) is 0 Å². The molecule has 4 aromatic carbocycles. The van der Waals surface area contributed by atoms with Crippen molar-refractivity contribution in [2.24, 2.45) is 0 Å². The highest BCUT2D eigenvalue weighted by Gasteiger charge is 2.21. The number of benzene rings is 4. The van der Waals surface area contributed by atoms with Crippen LogP contribution in [0.1, 0.15) is 22.3 Å². The van der Waals surface area contributed by atoms with Gasteiger partial charge in [-0.15, -0.1) is 4.57 Å². The summed E-state index contributed by atoms with van der Waals surface area (Å²) in [6, 6.07) is 35.7. The molecule has 0 unspecified atom stereocenters. The third kappa shape index (κ3) is 5.58. The summed E-state index contributed by atoms with van der Waals surface area (Å²) in [5.74, 6) is 3.48. The van der Waals surface area contributed by atoms with Gasteiger partial charge in [0.15, 0.2) is 0 Å². The van der Waals surface area contributed by atoms with Crippen molar-refractivity contribution in [2.45, 2.75) is 20.8 Å². The minimum Gasteiger partial charge on any atom is -0.418 e. The molecule has 1 nitrogen and oxygen atoms in total. The molecule has 0 spiro atoms. The molecule has 0 saturated carbocycles. The average molecular weight is 485 g/mol. The van der Waals surface area contributed by atoms with E-state index in [-0.39, 0.29) is 0 Å². The first-order valence-electron chi connectivity index (χ1n) is 11.5. The number of hydrogen-bond acceptors (Lipinski definition) is 0. The molecule has 0 saturated heterocycles. The summed E-state index contributed by atoms with van der Waals surface area (Å²) in [5.41, 5.74) is 9.55. The summed E-state index contributed by atoms with van der Waals surface area (Å²) >= 11 is 0. The van der Waals surface area contributed by atoms with E-state index in [9.17, 15) is 17.3 Å². The first-order valence-corrected chi connectivity index (χ1v) is 11.5. The zero-order chi connectivity index (χ0) is 25.9. The third-order valence-electron chi connectivity index (χ3n) is 5.86. The molecule has 0 aliphatic carbocycles. The number of pyridine rings is 1. The van der Waals surface area contributed by atoms with Gasteiger partial charge < -0.3 is 17.3 Å². The fourth-order valence-corrected chi connectivity index (χ4v) is 4.56. The Balaban J connectivity index is 0.000000556. The molecule has 0 atom stereocenters. The van der Waals surface area contributed by atoms with E-state index in [0.717, 1.165) is 16.6 Å². The van der Waals surface area contributed by atoms with Crippen molar-refractivity contribution in [3.63, 3.8) is 0 Å². The highest BCUT2D eigenvalue weighted by atomic mass is 19.5. The van der Waals surface area contributed by atoms with Gasteiger partial charge in [-0.1, -0.05) is 72.3 Å². The second-order valence-corrected chi connectivity index (χ2v) is 8.62. The lowest BCUT2D eigenvalue weighted by Gasteiger charge is -2.09. The first-order chi connectivity index (χ1) is 17.1. The van der Waals surface area contributed by atoms with Crippen molar-refractivity contribution in [2.75, 3.05) is 0 Å². The van der Waals surface area contributed by atoms with Gasteiger partial charge in [-0.2, -0.15) is 0 Å². The summed E-state index contributed by atoms with van der Waals surface area (Å²) in [5, 5.41) is 2.41. The van der Waals surface area contributed by atoms with Crippen LogP contribution >= 0.6 is 0 Å². The number of para-hydroxylation sites is 2. The van der Waals surface area contributed by atoms with Gasteiger partial charge in [0.05, 0.1) is 10.8 Å². The van der Waals surface area contributed by atoms with Crippen molar-refractivity contribution in [3.8, 4) is 23.1 Å². The van der Waals surface area contributed by atoms with Gasteiger partial charge in [0.25, 0.3) is 0 Å². The fourth-order valence-electron chi connectivity index (χ4n) is 4.56. The Hall–Kier alpha value is -4.11. The summed E-state index contributed by atoms with van der Waals surface area (Å²) < 4.78 is 41.1. The van der Waals surface area contributed by atoms with Crippen LogP contribution in [0.5, 0.6) is 0 Å². The molecule has 0 aliphatic heterocycles. The minimum absolute atomic E-state index is 1.11. The lowest BCUT2D eigenvalue weighted by Crippen LogP contribution is -2.30. The quantitative estimate of drug-likeness (QED) is 0.0744. The fraction of sp³-hybridized carbons (Fsp3) is 0.100. The lowest BCUT2D eigenvalue weighted by molar-refractivity contribution is -0.524. The molecule has 36 heavy (non-hydrogen) atoms. The van der Waals surface area contributed by atoms with Gasteiger partial charge in [-0.05, 0) is 49.6 Å². The predicted octanol–water partition coefficient (Wildman–Crippen LogP) is 8.03. The van der Waals surface area contributed by atoms with Crippen LogP contribution in [0.4, 0.5) is 17.3 Å². The van der Waals surface area contributed by atoms with E-state index in [0.29, 0.717) is 0 Å². The normalized spacial score (nSPS) is 11.0. The Labute approximate surface area is 208 Å². The largest absolute Gasteiger partial charge is 0.673 e. The molecule has 0 fully saturated rings. The van der Waals surface area contributed by atoms with Crippen molar-refractivity contribution in [1.29, 1.82) is 0 Å². The Morgan fingerprint density at radius 1 is 0.639 bits per heavy atom. The second-order valence-electron chi connectivity index (χ2n) is 8.62. The Bertz CT molecular complexity index is 1530. The average Bonchev–Trinajstić information content (AvgIpc) is 2.82. The van der Waals surface area contributed by atoms with Crippen molar-refractivity contribution in [1.82, 2.24) is 0 Å². The number of fused-ring (bicyclic) bond motifs is 2. The van der Waals surface area contributed by atoms with E-state index in [1.54, 1.807) is 0 Å². The maximum Gasteiger partial charge on any atom is 0.673 e. The highest BCUT2D eigenvalue weighted by molar-refractivity contribution is 6.50. The van der Waals surface area contributed by atoms with Gasteiger partial charge >= 0.3 is 7.25 Å². The second kappa shape index (κ2) is 10.3. The molecule has 5 rings (SSSR count). The molecule has 0 aliphatic rings. The number of nitrogens with zero attached hydrogens (tertiary/aromatic N) is 1. The first kappa shape index (κ1) is 25.0. The van der Waals surface area contributed by atoms with E-state index >= 15 is 0 Å². The van der Waals surface area contributed by atoms with Crippen LogP contribution in [0.25, 0.3) is 32.9 Å². The summed E-state index contributed by atoms with van der Waals surface area (Å²) in [6.45, 7) is 6.42. The van der Waals surface area contributed by atoms with Crippen LogP contribution in [0, 0.1) is 32.7 Å². The van der Waals surface area contributed by atoms with Crippen LogP contribution in [0.2, 0.25) is 0 Å². The molecular formula is C30H24BF4N. The van der Waals surface area contributed by atoms with Gasteiger partial charge in [0, 0.05) is 29.2 Å². The molecule has 180 valence electrons. The van der Waals surface area contributed by atoms with Crippen molar-refractivity contribution in [3.05, 3.63) is 113 Å². The maximum atomic E-state index is 9.75. The lowest BCUT2D eigenvalue weighted by atomic mass is 9.96. The molecular weight excluding hydrogens is 461 g/mol. The number of hydrogen-bond donors (Lipinski definition) is 0. The number of halogens is 4. The van der Waals surface area contributed by atoms with Gasteiger partial charge in [0.2, 0.25) is 17.1 Å².